The van der Waals surface area contributed by atoms with Crippen LogP contribution < -0.4 is 10.6 Å². The van der Waals surface area contributed by atoms with E-state index in [1.54, 1.807) is 12.1 Å². The highest BCUT2D eigenvalue weighted by Crippen LogP contribution is 2.20. The number of hydrogen-bond acceptors (Lipinski definition) is 2. The second-order valence-electron chi connectivity index (χ2n) is 5.17. The Morgan fingerprint density at radius 1 is 1.14 bits per heavy atom. The van der Waals surface area contributed by atoms with Crippen LogP contribution in [0.25, 0.3) is 0 Å². The zero-order chi connectivity index (χ0) is 16.1. The number of aryl methyl sites for hydroxylation is 1. The first kappa shape index (κ1) is 16.8. The Kier molecular flexibility index (Phi) is 5.83. The zero-order valence-electron chi connectivity index (χ0n) is 12.5. The predicted molar refractivity (Wildman–Crippen MR) is 92.7 cm³/mol. The minimum Gasteiger partial charge on any atom is -0.325 e. The second-order valence-corrected chi connectivity index (χ2v) is 6.04. The summed E-state index contributed by atoms with van der Waals surface area (Å²) in [5.74, 6) is -0.0979. The van der Waals surface area contributed by atoms with Gasteiger partial charge in [0.05, 0.1) is 6.54 Å². The van der Waals surface area contributed by atoms with Gasteiger partial charge in [0, 0.05) is 21.8 Å². The van der Waals surface area contributed by atoms with Crippen LogP contribution >= 0.6 is 23.2 Å². The standard InChI is InChI=1S/C17H18Cl2N2O/c1-11-8-15(19)6-7-16(11)21-17(22)10-20-12(2)13-4-3-5-14(18)9-13/h3-9,12,20H,10H2,1-2H3,(H,21,22)/t12-/m0/s1. The molecule has 2 rings (SSSR count). The number of anilines is 1. The van der Waals surface area contributed by atoms with Gasteiger partial charge in [-0.3, -0.25) is 4.79 Å². The molecular formula is C17H18Cl2N2O. The third kappa shape index (κ3) is 4.73. The number of nitrogens with one attached hydrogen (secondary N) is 2. The molecule has 0 saturated carbocycles. The Morgan fingerprint density at radius 3 is 2.55 bits per heavy atom. The van der Waals surface area contributed by atoms with Crippen molar-refractivity contribution in [1.82, 2.24) is 5.32 Å². The van der Waals surface area contributed by atoms with Crippen LogP contribution in [0.15, 0.2) is 42.5 Å². The van der Waals surface area contributed by atoms with Crippen molar-refractivity contribution in [3.05, 3.63) is 63.6 Å². The summed E-state index contributed by atoms with van der Waals surface area (Å²) in [4.78, 5) is 12.0. The van der Waals surface area contributed by atoms with Gasteiger partial charge in [-0.15, -0.1) is 0 Å². The predicted octanol–water partition coefficient (Wildman–Crippen LogP) is 4.59. The molecule has 0 saturated heterocycles. The molecule has 0 spiro atoms. The van der Waals surface area contributed by atoms with Crippen LogP contribution in [0.1, 0.15) is 24.1 Å². The molecule has 0 aliphatic carbocycles. The van der Waals surface area contributed by atoms with Crippen molar-refractivity contribution in [2.45, 2.75) is 19.9 Å². The van der Waals surface area contributed by atoms with Crippen molar-refractivity contribution < 1.29 is 4.79 Å². The molecule has 0 fully saturated rings. The molecule has 2 N–H and O–H groups in total. The maximum Gasteiger partial charge on any atom is 0.238 e. The van der Waals surface area contributed by atoms with Gasteiger partial charge in [0.1, 0.15) is 0 Å². The lowest BCUT2D eigenvalue weighted by Gasteiger charge is -2.15. The Morgan fingerprint density at radius 2 is 1.86 bits per heavy atom. The Bertz CT molecular complexity index is 673. The quantitative estimate of drug-likeness (QED) is 0.838. The van der Waals surface area contributed by atoms with E-state index in [2.05, 4.69) is 10.6 Å². The van der Waals surface area contributed by atoms with Crippen LogP contribution in [0.5, 0.6) is 0 Å². The smallest absolute Gasteiger partial charge is 0.238 e. The average Bonchev–Trinajstić information content (AvgIpc) is 2.47. The van der Waals surface area contributed by atoms with Gasteiger partial charge >= 0.3 is 0 Å². The van der Waals surface area contributed by atoms with Crippen molar-refractivity contribution in [1.29, 1.82) is 0 Å². The molecule has 1 atom stereocenters. The van der Waals surface area contributed by atoms with Gasteiger partial charge in [0.25, 0.3) is 0 Å². The van der Waals surface area contributed by atoms with Crippen LogP contribution in [0.3, 0.4) is 0 Å². The highest BCUT2D eigenvalue weighted by Gasteiger charge is 2.09. The molecule has 0 aliphatic rings. The van der Waals surface area contributed by atoms with Crippen molar-refractivity contribution in [2.24, 2.45) is 0 Å². The third-order valence-electron chi connectivity index (χ3n) is 3.38. The number of benzene rings is 2. The molecule has 3 nitrogen and oxygen atoms in total. The first-order chi connectivity index (χ1) is 10.5. The third-order valence-corrected chi connectivity index (χ3v) is 3.85. The monoisotopic (exact) mass is 336 g/mol. The topological polar surface area (TPSA) is 41.1 Å². The van der Waals surface area contributed by atoms with Crippen LogP contribution in [0, 0.1) is 6.92 Å². The van der Waals surface area contributed by atoms with Crippen molar-refractivity contribution in [2.75, 3.05) is 11.9 Å². The maximum atomic E-state index is 12.0. The summed E-state index contributed by atoms with van der Waals surface area (Å²) in [5.41, 5.74) is 2.75. The van der Waals surface area contributed by atoms with E-state index in [0.29, 0.717) is 10.0 Å². The molecular weight excluding hydrogens is 319 g/mol. The van der Waals surface area contributed by atoms with E-state index >= 15 is 0 Å². The van der Waals surface area contributed by atoms with Crippen LogP contribution in [0.2, 0.25) is 10.0 Å². The maximum absolute atomic E-state index is 12.0. The van der Waals surface area contributed by atoms with Gasteiger partial charge in [0.2, 0.25) is 5.91 Å². The molecule has 1 amide bonds. The fraction of sp³-hybridized carbons (Fsp3) is 0.235. The van der Waals surface area contributed by atoms with Gasteiger partial charge in [-0.2, -0.15) is 0 Å². The van der Waals surface area contributed by atoms with Crippen LogP contribution in [0.4, 0.5) is 5.69 Å². The highest BCUT2D eigenvalue weighted by atomic mass is 35.5. The van der Waals surface area contributed by atoms with Gasteiger partial charge < -0.3 is 10.6 Å². The molecule has 0 radical (unpaired) electrons. The minimum absolute atomic E-state index is 0.0377. The normalized spacial score (nSPS) is 12.0. The van der Waals surface area contributed by atoms with Crippen LogP contribution in [-0.4, -0.2) is 12.5 Å². The number of halogens is 2. The minimum atomic E-state index is -0.0979. The average molecular weight is 337 g/mol. The molecule has 0 bridgehead atoms. The van der Waals surface area contributed by atoms with Crippen molar-refractivity contribution in [3.63, 3.8) is 0 Å². The fourth-order valence-electron chi connectivity index (χ4n) is 2.10. The zero-order valence-corrected chi connectivity index (χ0v) is 14.0. The Hall–Kier alpha value is -1.55. The second kappa shape index (κ2) is 7.63. The van der Waals surface area contributed by atoms with Gasteiger partial charge in [-0.1, -0.05) is 35.3 Å². The van der Waals surface area contributed by atoms with Gasteiger partial charge in [-0.25, -0.2) is 0 Å². The van der Waals surface area contributed by atoms with Crippen molar-refractivity contribution >= 4 is 34.8 Å². The van der Waals surface area contributed by atoms with E-state index in [4.69, 9.17) is 23.2 Å². The van der Waals surface area contributed by atoms with Crippen molar-refractivity contribution in [3.8, 4) is 0 Å². The molecule has 2 aromatic carbocycles. The fourth-order valence-corrected chi connectivity index (χ4v) is 2.53. The molecule has 0 unspecified atom stereocenters. The summed E-state index contributed by atoms with van der Waals surface area (Å²) < 4.78 is 0. The molecule has 2 aromatic rings. The summed E-state index contributed by atoms with van der Waals surface area (Å²) in [5, 5.41) is 7.39. The summed E-state index contributed by atoms with van der Waals surface area (Å²) in [6.07, 6.45) is 0. The number of rotatable bonds is 5. The van der Waals surface area contributed by atoms with E-state index in [1.807, 2.05) is 44.2 Å². The first-order valence-electron chi connectivity index (χ1n) is 7.00. The molecule has 0 aliphatic heterocycles. The number of carbonyl (C=O) groups excluding carboxylic acids is 1. The van der Waals surface area contributed by atoms with Gasteiger partial charge in [0.15, 0.2) is 0 Å². The molecule has 5 heteroatoms. The SMILES string of the molecule is Cc1cc(Cl)ccc1NC(=O)CN[C@@H](C)c1cccc(Cl)c1. The largest absolute Gasteiger partial charge is 0.325 e. The highest BCUT2D eigenvalue weighted by molar-refractivity contribution is 6.31. The summed E-state index contributed by atoms with van der Waals surface area (Å²) >= 11 is 11.9. The number of carbonyl (C=O) groups is 1. The van der Waals surface area contributed by atoms with E-state index in [1.165, 1.54) is 0 Å². The summed E-state index contributed by atoms with van der Waals surface area (Å²) in [6, 6.07) is 13.0. The molecule has 0 heterocycles. The number of amides is 1. The molecule has 22 heavy (non-hydrogen) atoms. The van der Waals surface area contributed by atoms with Gasteiger partial charge in [-0.05, 0) is 55.3 Å². The number of hydrogen-bond donors (Lipinski definition) is 2. The lowest BCUT2D eigenvalue weighted by Crippen LogP contribution is -2.30. The van der Waals surface area contributed by atoms with E-state index in [9.17, 15) is 4.79 Å². The molecule has 116 valence electrons. The summed E-state index contributed by atoms with van der Waals surface area (Å²) in [6.45, 7) is 4.12. The lowest BCUT2D eigenvalue weighted by molar-refractivity contribution is -0.115. The van der Waals surface area contributed by atoms with E-state index < -0.39 is 0 Å². The molecule has 0 aromatic heterocycles. The first-order valence-corrected chi connectivity index (χ1v) is 7.76. The van der Waals surface area contributed by atoms with E-state index in [0.717, 1.165) is 16.8 Å². The Balaban J connectivity index is 1.90. The van der Waals surface area contributed by atoms with Crippen LogP contribution in [-0.2, 0) is 4.79 Å². The summed E-state index contributed by atoms with van der Waals surface area (Å²) in [7, 11) is 0. The van der Waals surface area contributed by atoms with E-state index in [-0.39, 0.29) is 18.5 Å². The lowest BCUT2D eigenvalue weighted by atomic mass is 10.1. The Labute approximate surface area is 140 Å².